The van der Waals surface area contributed by atoms with Gasteiger partial charge in [-0.2, -0.15) is 0 Å². The number of esters is 1. The van der Waals surface area contributed by atoms with Gasteiger partial charge < -0.3 is 9.53 Å². The van der Waals surface area contributed by atoms with Gasteiger partial charge in [-0.15, -0.1) is 0 Å². The second-order valence-corrected chi connectivity index (χ2v) is 3.05. The quantitative estimate of drug-likeness (QED) is 0.264. The van der Waals surface area contributed by atoms with Crippen molar-refractivity contribution in [2.45, 2.75) is 39.5 Å². The lowest BCUT2D eigenvalue weighted by atomic mass is 10.1. The normalized spacial score (nSPS) is 12.2. The molecule has 0 saturated heterocycles. The molecule has 0 aliphatic rings. The van der Waals surface area contributed by atoms with Gasteiger partial charge in [-0.05, 0) is 12.8 Å². The Morgan fingerprint density at radius 2 is 2.08 bits per heavy atom. The molecule has 0 N–H and O–H groups in total. The van der Waals surface area contributed by atoms with Crippen molar-refractivity contribution >= 4 is 12.3 Å². The van der Waals surface area contributed by atoms with Crippen molar-refractivity contribution in [2.75, 3.05) is 6.61 Å². The Bertz CT molecular complexity index is 154. The lowest BCUT2D eigenvalue weighted by Gasteiger charge is -2.08. The minimum Gasteiger partial charge on any atom is -0.465 e. The van der Waals surface area contributed by atoms with Crippen LogP contribution < -0.4 is 0 Å². The predicted octanol–water partition coefficient (Wildman–Crippen LogP) is 1.94. The molecule has 0 saturated carbocycles. The van der Waals surface area contributed by atoms with Crippen molar-refractivity contribution in [3.8, 4) is 0 Å². The maximum absolute atomic E-state index is 11.2. The molecule has 0 aliphatic carbocycles. The van der Waals surface area contributed by atoms with Crippen LogP contribution in [0, 0.1) is 5.92 Å². The molecule has 0 rings (SSSR count). The van der Waals surface area contributed by atoms with Crippen molar-refractivity contribution in [1.82, 2.24) is 0 Å². The molecule has 3 nitrogen and oxygen atoms in total. The number of hydrogen-bond donors (Lipinski definition) is 0. The molecule has 76 valence electrons. The van der Waals surface area contributed by atoms with E-state index in [2.05, 4.69) is 0 Å². The topological polar surface area (TPSA) is 43.4 Å². The maximum atomic E-state index is 11.2. The third-order valence-corrected chi connectivity index (χ3v) is 1.81. The second-order valence-electron chi connectivity index (χ2n) is 3.05. The summed E-state index contributed by atoms with van der Waals surface area (Å²) in [6, 6.07) is 0. The Kier molecular flexibility index (Phi) is 7.26. The summed E-state index contributed by atoms with van der Waals surface area (Å²) in [4.78, 5) is 21.7. The highest BCUT2D eigenvalue weighted by atomic mass is 16.5. The van der Waals surface area contributed by atoms with E-state index in [0.717, 1.165) is 19.3 Å². The van der Waals surface area contributed by atoms with Crippen molar-refractivity contribution < 1.29 is 14.3 Å². The Morgan fingerprint density at radius 1 is 1.38 bits per heavy atom. The molecule has 0 bridgehead atoms. The molecule has 0 aliphatic heterocycles. The molecule has 0 aromatic heterocycles. The highest BCUT2D eigenvalue weighted by Gasteiger charge is 2.17. The molecule has 0 radical (unpaired) electrons. The molecule has 0 spiro atoms. The first kappa shape index (κ1) is 12.1. The van der Waals surface area contributed by atoms with Gasteiger partial charge in [0, 0.05) is 0 Å². The van der Waals surface area contributed by atoms with Gasteiger partial charge in [0.15, 0.2) is 0 Å². The number of ether oxygens (including phenoxy) is 1. The number of carbonyl (C=O) groups excluding carboxylic acids is 2. The Labute approximate surface area is 79.5 Å². The highest BCUT2D eigenvalue weighted by molar-refractivity contribution is 5.87. The van der Waals surface area contributed by atoms with Crippen molar-refractivity contribution in [1.29, 1.82) is 0 Å². The van der Waals surface area contributed by atoms with Gasteiger partial charge in [0.25, 0.3) is 0 Å². The number of carbonyl (C=O) groups is 2. The number of rotatable bonds is 7. The van der Waals surface area contributed by atoms with Gasteiger partial charge in [0.1, 0.15) is 12.2 Å². The van der Waals surface area contributed by atoms with Crippen LogP contribution in [0.15, 0.2) is 0 Å². The fourth-order valence-electron chi connectivity index (χ4n) is 0.977. The lowest BCUT2D eigenvalue weighted by molar-refractivity contribution is -0.150. The lowest BCUT2D eigenvalue weighted by Crippen LogP contribution is -2.19. The van der Waals surface area contributed by atoms with Gasteiger partial charge in [-0.1, -0.05) is 26.7 Å². The largest absolute Gasteiger partial charge is 0.465 e. The van der Waals surface area contributed by atoms with Gasteiger partial charge in [-0.3, -0.25) is 4.79 Å². The van der Waals surface area contributed by atoms with Crippen LogP contribution in [-0.4, -0.2) is 18.9 Å². The minimum absolute atomic E-state index is 0.370. The van der Waals surface area contributed by atoms with Gasteiger partial charge in [0.2, 0.25) is 0 Å². The minimum atomic E-state index is -0.554. The molecule has 0 fully saturated rings. The molecule has 0 aromatic carbocycles. The molecule has 1 atom stereocenters. The molecular weight excluding hydrogens is 168 g/mol. The summed E-state index contributed by atoms with van der Waals surface area (Å²) in [5.41, 5.74) is 0. The Balaban J connectivity index is 3.70. The van der Waals surface area contributed by atoms with Crippen LogP contribution in [0.2, 0.25) is 0 Å². The molecule has 3 heteroatoms. The van der Waals surface area contributed by atoms with Crippen molar-refractivity contribution in [3.63, 3.8) is 0 Å². The fourth-order valence-corrected chi connectivity index (χ4v) is 0.977. The third-order valence-electron chi connectivity index (χ3n) is 1.81. The van der Waals surface area contributed by atoms with E-state index >= 15 is 0 Å². The summed E-state index contributed by atoms with van der Waals surface area (Å²) in [5, 5.41) is 0. The number of aldehydes is 1. The maximum Gasteiger partial charge on any atom is 0.316 e. The van der Waals surface area contributed by atoms with Crippen LogP contribution in [0.4, 0.5) is 0 Å². The van der Waals surface area contributed by atoms with Crippen LogP contribution in [-0.2, 0) is 14.3 Å². The van der Waals surface area contributed by atoms with E-state index < -0.39 is 5.92 Å². The first-order valence-corrected chi connectivity index (χ1v) is 4.88. The first-order valence-electron chi connectivity index (χ1n) is 4.88. The standard InChI is InChI=1S/C10H18O3/c1-3-5-7-13-10(12)9(8-11)6-4-2/h8-9H,3-7H2,1-2H3. The van der Waals surface area contributed by atoms with E-state index in [1.165, 1.54) is 0 Å². The zero-order valence-corrected chi connectivity index (χ0v) is 8.41. The summed E-state index contributed by atoms with van der Waals surface area (Å²) in [6.07, 6.45) is 3.95. The monoisotopic (exact) mass is 186 g/mol. The fraction of sp³-hybridized carbons (Fsp3) is 0.800. The molecule has 0 heterocycles. The average molecular weight is 186 g/mol. The van der Waals surface area contributed by atoms with E-state index in [0.29, 0.717) is 19.3 Å². The van der Waals surface area contributed by atoms with Gasteiger partial charge >= 0.3 is 5.97 Å². The van der Waals surface area contributed by atoms with E-state index in [-0.39, 0.29) is 5.97 Å². The summed E-state index contributed by atoms with van der Waals surface area (Å²) >= 11 is 0. The van der Waals surface area contributed by atoms with Crippen LogP contribution in [0.5, 0.6) is 0 Å². The summed E-state index contributed by atoms with van der Waals surface area (Å²) in [5.74, 6) is -0.924. The van der Waals surface area contributed by atoms with E-state index in [9.17, 15) is 9.59 Å². The Hall–Kier alpha value is -0.860. The SMILES string of the molecule is CCCCOC(=O)C(C=O)CCC. The van der Waals surface area contributed by atoms with E-state index in [1.54, 1.807) is 0 Å². The predicted molar refractivity (Wildman–Crippen MR) is 50.3 cm³/mol. The summed E-state index contributed by atoms with van der Waals surface area (Å²) < 4.78 is 4.92. The molecular formula is C10H18O3. The Morgan fingerprint density at radius 3 is 2.54 bits per heavy atom. The van der Waals surface area contributed by atoms with Gasteiger partial charge in [-0.25, -0.2) is 0 Å². The van der Waals surface area contributed by atoms with Crippen LogP contribution >= 0.6 is 0 Å². The smallest absolute Gasteiger partial charge is 0.316 e. The zero-order chi connectivity index (χ0) is 10.1. The molecule has 1 unspecified atom stereocenters. The van der Waals surface area contributed by atoms with E-state index in [1.807, 2.05) is 13.8 Å². The molecule has 0 amide bonds. The van der Waals surface area contributed by atoms with Crippen LogP contribution in [0.25, 0.3) is 0 Å². The first-order chi connectivity index (χ1) is 6.26. The van der Waals surface area contributed by atoms with E-state index in [4.69, 9.17) is 4.74 Å². The zero-order valence-electron chi connectivity index (χ0n) is 8.41. The molecule has 0 aromatic rings. The third kappa shape index (κ3) is 5.39. The van der Waals surface area contributed by atoms with Crippen molar-refractivity contribution in [2.24, 2.45) is 5.92 Å². The number of unbranched alkanes of at least 4 members (excludes halogenated alkanes) is 1. The highest BCUT2D eigenvalue weighted by Crippen LogP contribution is 2.05. The average Bonchev–Trinajstić information content (AvgIpc) is 2.14. The van der Waals surface area contributed by atoms with Crippen LogP contribution in [0.1, 0.15) is 39.5 Å². The molecule has 13 heavy (non-hydrogen) atoms. The summed E-state index contributed by atoms with van der Waals surface area (Å²) in [6.45, 7) is 4.40. The summed E-state index contributed by atoms with van der Waals surface area (Å²) in [7, 11) is 0. The second kappa shape index (κ2) is 7.77. The van der Waals surface area contributed by atoms with Crippen LogP contribution in [0.3, 0.4) is 0 Å². The van der Waals surface area contributed by atoms with Gasteiger partial charge in [0.05, 0.1) is 6.61 Å². The number of hydrogen-bond acceptors (Lipinski definition) is 3. The van der Waals surface area contributed by atoms with Crippen molar-refractivity contribution in [3.05, 3.63) is 0 Å².